The van der Waals surface area contributed by atoms with Gasteiger partial charge in [-0.05, 0) is 76.1 Å². The summed E-state index contributed by atoms with van der Waals surface area (Å²) in [7, 11) is 0. The Kier molecular flexibility index (Phi) is 10.3. The monoisotopic (exact) mass is 454 g/mol. The van der Waals surface area contributed by atoms with E-state index in [9.17, 15) is 4.79 Å². The Morgan fingerprint density at radius 1 is 1.12 bits per heavy atom. The Bertz CT molecular complexity index is 575. The van der Waals surface area contributed by atoms with Crippen molar-refractivity contribution in [3.63, 3.8) is 0 Å². The Hall–Kier alpha value is 0.0439. The molecule has 0 aliphatic carbocycles. The van der Waals surface area contributed by atoms with E-state index < -0.39 is 0 Å². The largest absolute Gasteiger partial charge is 0.320 e. The molecule has 0 saturated carbocycles. The van der Waals surface area contributed by atoms with Gasteiger partial charge in [-0.1, -0.05) is 18.5 Å². The van der Waals surface area contributed by atoms with Crippen LogP contribution in [0.2, 0.25) is 5.02 Å². The van der Waals surface area contributed by atoms with E-state index >= 15 is 0 Å². The van der Waals surface area contributed by atoms with Crippen molar-refractivity contribution in [1.82, 2.24) is 0 Å². The zero-order valence-corrected chi connectivity index (χ0v) is 20.5. The number of amides is 1. The summed E-state index contributed by atoms with van der Waals surface area (Å²) >= 11 is 6.14. The van der Waals surface area contributed by atoms with Gasteiger partial charge in [0, 0.05) is 49.8 Å². The summed E-state index contributed by atoms with van der Waals surface area (Å²) in [6.07, 6.45) is 7.06. The number of carbonyl (C=O) groups excluding carboxylic acids is 1. The number of hydrogen-bond acceptors (Lipinski definition) is 1. The van der Waals surface area contributed by atoms with Gasteiger partial charge < -0.3 is 9.80 Å². The third kappa shape index (κ3) is 5.77. The summed E-state index contributed by atoms with van der Waals surface area (Å²) < 4.78 is 0.950. The minimum absolute atomic E-state index is 0. The summed E-state index contributed by atoms with van der Waals surface area (Å²) in [5.74, 6) is 0.180. The van der Waals surface area contributed by atoms with Gasteiger partial charge in [-0.15, -0.1) is 0 Å². The van der Waals surface area contributed by atoms with Crippen molar-refractivity contribution in [3.8, 4) is 0 Å². The number of halogens is 1. The second-order valence-corrected chi connectivity index (χ2v) is 8.04. The van der Waals surface area contributed by atoms with Crippen LogP contribution in [0.15, 0.2) is 12.1 Å². The number of benzene rings is 1. The average molecular weight is 455 g/mol. The average Bonchev–Trinajstić information content (AvgIpc) is 2.82. The van der Waals surface area contributed by atoms with Gasteiger partial charge in [-0.25, -0.2) is 0 Å². The number of nitrogens with one attached hydrogen (secondary N) is 1. The molecule has 1 aromatic carbocycles. The maximum atomic E-state index is 13.3. The quantitative estimate of drug-likeness (QED) is 0.567. The molecule has 1 aliphatic heterocycles. The van der Waals surface area contributed by atoms with E-state index in [1.54, 1.807) is 0 Å². The van der Waals surface area contributed by atoms with Gasteiger partial charge in [0.15, 0.2) is 6.04 Å². The van der Waals surface area contributed by atoms with Crippen LogP contribution < -0.4 is 5.32 Å². The number of likely N-dealkylation sites (tertiary alicyclic amines) is 1. The van der Waals surface area contributed by atoms with Gasteiger partial charge in [-0.3, -0.25) is 4.79 Å². The Balaban J connectivity index is 0.00000338. The van der Waals surface area contributed by atoms with Crippen LogP contribution in [0.25, 0.3) is 0 Å². The maximum absolute atomic E-state index is 13.3. The van der Waals surface area contributed by atoms with Gasteiger partial charge in [0.2, 0.25) is 0 Å². The van der Waals surface area contributed by atoms with E-state index in [2.05, 4.69) is 19.2 Å². The van der Waals surface area contributed by atoms with E-state index in [-0.39, 0.29) is 44.7 Å². The van der Waals surface area contributed by atoms with Crippen LogP contribution in [-0.4, -0.2) is 36.1 Å². The number of anilines is 1. The van der Waals surface area contributed by atoms with Crippen LogP contribution in [0.1, 0.15) is 63.5 Å². The van der Waals surface area contributed by atoms with Crippen LogP contribution >= 0.6 is 11.6 Å². The molecule has 143 valence electrons. The van der Waals surface area contributed by atoms with Crippen molar-refractivity contribution >= 4 is 23.2 Å². The van der Waals surface area contributed by atoms with Gasteiger partial charge in [-0.2, -0.15) is 0 Å². The number of nitrogens with zero attached hydrogens (tertiary/aromatic N) is 1. The molecule has 0 bridgehead atoms. The molecule has 0 aromatic heterocycles. The first-order chi connectivity index (χ1) is 11.9. The summed E-state index contributed by atoms with van der Waals surface area (Å²) in [4.78, 5) is 13.3. The number of aryl methyl sites for hydroxylation is 2. The molecule has 0 spiro atoms. The molecule has 1 radical (unpaired) electrons. The fourth-order valence-electron chi connectivity index (χ4n) is 4.41. The molecular weight excluding hydrogens is 421 g/mol. The first kappa shape index (κ1) is 24.1. The van der Waals surface area contributed by atoms with Crippen molar-refractivity contribution in [2.75, 3.05) is 25.0 Å². The molecule has 1 unspecified atom stereocenters. The number of carbonyl (C=O) groups is 1. The molecule has 1 atom stereocenters. The van der Waals surface area contributed by atoms with Crippen LogP contribution in [0, 0.1) is 13.8 Å². The minimum atomic E-state index is 0. The van der Waals surface area contributed by atoms with E-state index in [0.717, 1.165) is 58.8 Å². The number of hydrogen-bond donors (Lipinski definition) is 1. The third-order valence-electron chi connectivity index (χ3n) is 5.86. The van der Waals surface area contributed by atoms with Crippen LogP contribution in [0.4, 0.5) is 5.69 Å². The number of likely N-dealkylation sites (N-methyl/N-ethyl adjacent to an activating group) is 1. The second-order valence-electron chi connectivity index (χ2n) is 7.60. The van der Waals surface area contributed by atoms with E-state index in [0.29, 0.717) is 0 Å². The van der Waals surface area contributed by atoms with Crippen LogP contribution in [-0.2, 0) is 37.5 Å². The molecule has 2 rings (SSSR count). The van der Waals surface area contributed by atoms with Crippen molar-refractivity contribution < 1.29 is 42.0 Å². The van der Waals surface area contributed by atoms with E-state index in [1.807, 2.05) is 26.0 Å². The van der Waals surface area contributed by atoms with Crippen LogP contribution in [0.3, 0.4) is 0 Å². The van der Waals surface area contributed by atoms with Crippen molar-refractivity contribution in [2.24, 2.45) is 0 Å². The molecule has 5 heteroatoms. The fraction of sp³-hybridized carbons (Fsp3) is 0.667. The van der Waals surface area contributed by atoms with Crippen molar-refractivity contribution in [1.29, 1.82) is 0 Å². The first-order valence-electron chi connectivity index (χ1n) is 9.87. The first-order valence-corrected chi connectivity index (χ1v) is 10.2. The van der Waals surface area contributed by atoms with E-state index in [1.165, 1.54) is 25.7 Å². The zero-order valence-electron chi connectivity index (χ0n) is 16.9. The topological polar surface area (TPSA) is 29.1 Å². The predicted molar refractivity (Wildman–Crippen MR) is 107 cm³/mol. The normalized spacial score (nSPS) is 17.7. The summed E-state index contributed by atoms with van der Waals surface area (Å²) in [5.41, 5.74) is 3.00. The summed E-state index contributed by atoms with van der Waals surface area (Å²) in [6.45, 7) is 11.8. The van der Waals surface area contributed by atoms with Gasteiger partial charge in [0.1, 0.15) is 0 Å². The molecule has 1 saturated heterocycles. The fourth-order valence-corrected chi connectivity index (χ4v) is 4.74. The Morgan fingerprint density at radius 3 is 2.12 bits per heavy atom. The molecule has 1 amide bonds. The summed E-state index contributed by atoms with van der Waals surface area (Å²) in [5, 5.41) is 3.98. The van der Waals surface area contributed by atoms with Gasteiger partial charge in [0.25, 0.3) is 5.91 Å². The molecule has 1 heterocycles. The van der Waals surface area contributed by atoms with E-state index in [4.69, 9.17) is 11.6 Å². The van der Waals surface area contributed by atoms with Gasteiger partial charge >= 0.3 is 0 Å². The van der Waals surface area contributed by atoms with Crippen molar-refractivity contribution in [3.05, 3.63) is 28.3 Å². The molecule has 1 fully saturated rings. The number of quaternary nitrogens is 1. The molecule has 3 nitrogen and oxygen atoms in total. The summed E-state index contributed by atoms with van der Waals surface area (Å²) in [6, 6.07) is 3.90. The minimum Gasteiger partial charge on any atom is -0.320 e. The molecular formula is C21H34ClN2OY+. The molecule has 1 N–H and O–H groups in total. The van der Waals surface area contributed by atoms with Gasteiger partial charge in [0.05, 0.1) is 19.6 Å². The molecule has 26 heavy (non-hydrogen) atoms. The smallest absolute Gasteiger partial charge is 0.282 e. The standard InChI is InChI=1S/C21H33ClN2O.Y/c1-5-11-19(24(6-2)12-9-7-8-10-13-24)21(25)23-20-16(3)14-18(22)15-17(20)4;/h14-15,19H,5-13H2,1-4H3;/p+1. The Labute approximate surface area is 189 Å². The molecule has 1 aromatic rings. The second kappa shape index (κ2) is 11.1. The predicted octanol–water partition coefficient (Wildman–Crippen LogP) is 5.47. The number of rotatable bonds is 6. The van der Waals surface area contributed by atoms with Crippen LogP contribution in [0.5, 0.6) is 0 Å². The Morgan fingerprint density at radius 2 is 1.65 bits per heavy atom. The zero-order chi connectivity index (χ0) is 18.4. The van der Waals surface area contributed by atoms with Crippen molar-refractivity contribution in [2.45, 2.75) is 72.3 Å². The molecule has 1 aliphatic rings. The third-order valence-corrected chi connectivity index (χ3v) is 6.08. The maximum Gasteiger partial charge on any atom is 0.282 e. The SMILES string of the molecule is CCCC(C(=O)Nc1c(C)cc(Cl)cc1C)[N+]1(CC)CCCCCC1.[Y].